The van der Waals surface area contributed by atoms with Crippen molar-refractivity contribution in [3.05, 3.63) is 34.5 Å². The highest BCUT2D eigenvalue weighted by Gasteiger charge is 2.34. The molecular weight excluding hydrogens is 371 g/mol. The molecule has 0 aromatic carbocycles. The highest BCUT2D eigenvalue weighted by Crippen LogP contribution is 2.31. The summed E-state index contributed by atoms with van der Waals surface area (Å²) in [6.07, 6.45) is -0.854. The van der Waals surface area contributed by atoms with Crippen LogP contribution in [0.5, 0.6) is 0 Å². The number of pyridine rings is 1. The first-order valence-electron chi connectivity index (χ1n) is 7.68. The molecule has 0 saturated carbocycles. The summed E-state index contributed by atoms with van der Waals surface area (Å²) in [4.78, 5) is 16.7. The Kier molecular flexibility index (Phi) is 4.34. The van der Waals surface area contributed by atoms with Crippen molar-refractivity contribution in [3.63, 3.8) is 0 Å². The van der Waals surface area contributed by atoms with Gasteiger partial charge in [0, 0.05) is 37.8 Å². The molecule has 25 heavy (non-hydrogen) atoms. The van der Waals surface area contributed by atoms with Crippen LogP contribution in [-0.2, 0) is 12.7 Å². The summed E-state index contributed by atoms with van der Waals surface area (Å²) in [5, 5.41) is 2.56. The number of halogens is 3. The Morgan fingerprint density at radius 3 is 2.60 bits per heavy atom. The van der Waals surface area contributed by atoms with E-state index in [-0.39, 0.29) is 0 Å². The minimum Gasteiger partial charge on any atom is -0.345 e. The Balaban J connectivity index is 1.37. The van der Waals surface area contributed by atoms with Crippen molar-refractivity contribution >= 4 is 38.0 Å². The van der Waals surface area contributed by atoms with Gasteiger partial charge in [-0.15, -0.1) is 11.3 Å². The second-order valence-electron chi connectivity index (χ2n) is 5.73. The summed E-state index contributed by atoms with van der Waals surface area (Å²) in [6.45, 7) is 3.60. The van der Waals surface area contributed by atoms with Crippen LogP contribution in [0.3, 0.4) is 0 Å². The molecule has 0 N–H and O–H groups in total. The van der Waals surface area contributed by atoms with E-state index in [1.165, 1.54) is 0 Å². The quantitative estimate of drug-likeness (QED) is 0.691. The predicted octanol–water partition coefficient (Wildman–Crippen LogP) is 3.49. The van der Waals surface area contributed by atoms with Gasteiger partial charge in [-0.2, -0.15) is 13.2 Å². The Bertz CT molecular complexity index is 834. The van der Waals surface area contributed by atoms with Gasteiger partial charge in [-0.3, -0.25) is 9.88 Å². The molecule has 1 saturated heterocycles. The van der Waals surface area contributed by atoms with Crippen molar-refractivity contribution in [1.82, 2.24) is 19.9 Å². The monoisotopic (exact) mass is 385 g/mol. The standard InChI is InChI=1S/C15H14F3N5S2/c16-15(17,18)12-9-24-13(21-12)8-22-3-5-23(6-4-22)14-20-10-7-19-2-1-11(10)25-14/h1-2,7,9H,3-6,8H2. The van der Waals surface area contributed by atoms with E-state index in [4.69, 9.17) is 0 Å². The Labute approximate surface area is 149 Å². The number of nitrogens with zero attached hydrogens (tertiary/aromatic N) is 5. The van der Waals surface area contributed by atoms with Crippen molar-refractivity contribution in [2.45, 2.75) is 12.7 Å². The number of hydrogen-bond donors (Lipinski definition) is 0. The van der Waals surface area contributed by atoms with Crippen LogP contribution in [0.4, 0.5) is 18.3 Å². The van der Waals surface area contributed by atoms with Gasteiger partial charge in [0.15, 0.2) is 10.8 Å². The first kappa shape index (κ1) is 16.7. The van der Waals surface area contributed by atoms with Crippen molar-refractivity contribution in [2.75, 3.05) is 31.1 Å². The molecule has 1 aliphatic rings. The third-order valence-corrected chi connectivity index (χ3v) is 5.95. The van der Waals surface area contributed by atoms with E-state index in [1.54, 1.807) is 23.7 Å². The summed E-state index contributed by atoms with van der Waals surface area (Å²) in [5.74, 6) is 0. The zero-order chi connectivity index (χ0) is 17.4. The van der Waals surface area contributed by atoms with Gasteiger partial charge in [0.1, 0.15) is 10.5 Å². The van der Waals surface area contributed by atoms with Gasteiger partial charge in [-0.25, -0.2) is 9.97 Å². The molecule has 1 aliphatic heterocycles. The maximum absolute atomic E-state index is 12.6. The number of rotatable bonds is 3. The minimum absolute atomic E-state index is 0.457. The lowest BCUT2D eigenvalue weighted by molar-refractivity contribution is -0.140. The molecule has 0 bridgehead atoms. The zero-order valence-corrected chi connectivity index (χ0v) is 14.7. The van der Waals surface area contributed by atoms with Gasteiger partial charge in [-0.05, 0) is 6.07 Å². The fourth-order valence-corrected chi connectivity index (χ4v) is 4.53. The molecule has 10 heteroatoms. The normalized spacial score (nSPS) is 16.7. The van der Waals surface area contributed by atoms with Crippen molar-refractivity contribution in [1.29, 1.82) is 0 Å². The summed E-state index contributed by atoms with van der Waals surface area (Å²) in [6, 6.07) is 1.95. The largest absolute Gasteiger partial charge is 0.434 e. The van der Waals surface area contributed by atoms with E-state index in [2.05, 4.69) is 24.8 Å². The lowest BCUT2D eigenvalue weighted by Crippen LogP contribution is -2.45. The average molecular weight is 385 g/mol. The van der Waals surface area contributed by atoms with Crippen LogP contribution in [0.15, 0.2) is 23.8 Å². The third-order valence-electron chi connectivity index (χ3n) is 4.02. The van der Waals surface area contributed by atoms with Crippen LogP contribution < -0.4 is 4.90 Å². The smallest absolute Gasteiger partial charge is 0.345 e. The third kappa shape index (κ3) is 3.60. The van der Waals surface area contributed by atoms with Gasteiger partial charge in [0.2, 0.25) is 0 Å². The van der Waals surface area contributed by atoms with E-state index < -0.39 is 11.9 Å². The van der Waals surface area contributed by atoms with Crippen molar-refractivity contribution in [3.8, 4) is 0 Å². The van der Waals surface area contributed by atoms with Crippen LogP contribution in [0.1, 0.15) is 10.7 Å². The lowest BCUT2D eigenvalue weighted by Gasteiger charge is -2.34. The number of alkyl halides is 3. The fraction of sp³-hybridized carbons (Fsp3) is 0.400. The molecule has 3 aromatic heterocycles. The number of fused-ring (bicyclic) bond motifs is 1. The van der Waals surface area contributed by atoms with Gasteiger partial charge < -0.3 is 4.90 Å². The number of anilines is 1. The number of aromatic nitrogens is 3. The van der Waals surface area contributed by atoms with Gasteiger partial charge in [-0.1, -0.05) is 11.3 Å². The second-order valence-corrected chi connectivity index (χ2v) is 7.68. The minimum atomic E-state index is -4.37. The average Bonchev–Trinajstić information content (AvgIpc) is 3.21. The van der Waals surface area contributed by atoms with E-state index in [0.717, 1.165) is 58.2 Å². The molecule has 0 unspecified atom stereocenters. The summed E-state index contributed by atoms with van der Waals surface area (Å²) < 4.78 is 39.0. The van der Waals surface area contributed by atoms with Gasteiger partial charge >= 0.3 is 6.18 Å². The first-order valence-corrected chi connectivity index (χ1v) is 9.38. The molecule has 0 atom stereocenters. The molecule has 0 radical (unpaired) electrons. The summed E-state index contributed by atoms with van der Waals surface area (Å²) in [7, 11) is 0. The molecule has 132 valence electrons. The molecule has 0 spiro atoms. The zero-order valence-electron chi connectivity index (χ0n) is 13.0. The Hall–Kier alpha value is -1.78. The lowest BCUT2D eigenvalue weighted by atomic mass is 10.3. The second kappa shape index (κ2) is 6.50. The van der Waals surface area contributed by atoms with E-state index in [1.807, 2.05) is 6.07 Å². The van der Waals surface area contributed by atoms with Crippen LogP contribution >= 0.6 is 22.7 Å². The number of thiazole rings is 2. The Morgan fingerprint density at radius 2 is 1.92 bits per heavy atom. The number of piperazine rings is 1. The predicted molar refractivity (Wildman–Crippen MR) is 92.0 cm³/mol. The van der Waals surface area contributed by atoms with Gasteiger partial charge in [0.05, 0.1) is 17.4 Å². The molecule has 0 amide bonds. The molecular formula is C15H14F3N5S2. The fourth-order valence-electron chi connectivity index (χ4n) is 2.71. The summed E-state index contributed by atoms with van der Waals surface area (Å²) in [5.41, 5.74) is 0.0987. The molecule has 3 aromatic rings. The maximum atomic E-state index is 12.6. The van der Waals surface area contributed by atoms with Crippen molar-refractivity contribution < 1.29 is 13.2 Å². The molecule has 4 heterocycles. The van der Waals surface area contributed by atoms with Crippen LogP contribution in [0, 0.1) is 0 Å². The topological polar surface area (TPSA) is 45.2 Å². The van der Waals surface area contributed by atoms with E-state index in [0.29, 0.717) is 11.6 Å². The van der Waals surface area contributed by atoms with Crippen LogP contribution in [0.2, 0.25) is 0 Å². The molecule has 4 rings (SSSR count). The highest BCUT2D eigenvalue weighted by atomic mass is 32.1. The van der Waals surface area contributed by atoms with Crippen molar-refractivity contribution in [2.24, 2.45) is 0 Å². The van der Waals surface area contributed by atoms with E-state index >= 15 is 0 Å². The highest BCUT2D eigenvalue weighted by molar-refractivity contribution is 7.22. The first-order chi connectivity index (χ1) is 12.0. The molecule has 0 aliphatic carbocycles. The SMILES string of the molecule is FC(F)(F)c1csc(CN2CCN(c3nc4cnccc4s3)CC2)n1. The van der Waals surface area contributed by atoms with Crippen LogP contribution in [0.25, 0.3) is 10.2 Å². The molecule has 5 nitrogen and oxygen atoms in total. The number of hydrogen-bond acceptors (Lipinski definition) is 7. The maximum Gasteiger partial charge on any atom is 0.434 e. The van der Waals surface area contributed by atoms with E-state index in [9.17, 15) is 13.2 Å². The molecule has 1 fully saturated rings. The van der Waals surface area contributed by atoms with Gasteiger partial charge in [0.25, 0.3) is 0 Å². The summed E-state index contributed by atoms with van der Waals surface area (Å²) >= 11 is 2.70. The Morgan fingerprint density at radius 1 is 1.12 bits per heavy atom. The van der Waals surface area contributed by atoms with Crippen LogP contribution in [-0.4, -0.2) is 46.0 Å².